The minimum atomic E-state index is -0.445. The summed E-state index contributed by atoms with van der Waals surface area (Å²) in [6.45, 7) is 8.55. The van der Waals surface area contributed by atoms with Gasteiger partial charge >= 0.3 is 0 Å². The van der Waals surface area contributed by atoms with Crippen LogP contribution in [0, 0.1) is 6.92 Å². The first-order valence-corrected chi connectivity index (χ1v) is 6.24. The van der Waals surface area contributed by atoms with Crippen LogP contribution in [-0.2, 0) is 5.41 Å². The molecular weight excluding hydrogens is 220 g/mol. The summed E-state index contributed by atoms with van der Waals surface area (Å²) in [7, 11) is 0. The van der Waals surface area contributed by atoms with Crippen molar-refractivity contribution in [3.8, 4) is 0 Å². The molecular formula is C14H21ClO. The number of aliphatic hydroxyl groups is 1. The minimum Gasteiger partial charge on any atom is -0.388 e. The summed E-state index contributed by atoms with van der Waals surface area (Å²) in [5.74, 6) is 0.486. The first-order valence-electron chi connectivity index (χ1n) is 5.71. The van der Waals surface area contributed by atoms with Gasteiger partial charge in [0.05, 0.1) is 6.10 Å². The lowest BCUT2D eigenvalue weighted by Crippen LogP contribution is -2.12. The number of rotatable bonds is 3. The molecule has 0 amide bonds. The number of aliphatic hydroxyl groups excluding tert-OH is 1. The zero-order valence-electron chi connectivity index (χ0n) is 10.5. The predicted octanol–water partition coefficient (Wildman–Crippen LogP) is 3.95. The predicted molar refractivity (Wildman–Crippen MR) is 70.2 cm³/mol. The van der Waals surface area contributed by atoms with E-state index in [4.69, 9.17) is 11.6 Å². The zero-order chi connectivity index (χ0) is 12.3. The van der Waals surface area contributed by atoms with E-state index in [0.29, 0.717) is 12.3 Å². The molecule has 90 valence electrons. The van der Waals surface area contributed by atoms with Gasteiger partial charge in [-0.25, -0.2) is 0 Å². The maximum Gasteiger partial charge on any atom is 0.0804 e. The summed E-state index contributed by atoms with van der Waals surface area (Å²) in [6.07, 6.45) is 0.163. The molecule has 1 rings (SSSR count). The maximum absolute atomic E-state index is 10.0. The van der Waals surface area contributed by atoms with E-state index in [1.807, 2.05) is 6.92 Å². The van der Waals surface area contributed by atoms with Crippen LogP contribution in [0.25, 0.3) is 0 Å². The Kier molecular flexibility index (Phi) is 4.40. The number of hydrogen-bond acceptors (Lipinski definition) is 1. The molecule has 0 radical (unpaired) electrons. The third kappa shape index (κ3) is 3.23. The molecule has 0 aromatic heterocycles. The van der Waals surface area contributed by atoms with E-state index in [-0.39, 0.29) is 5.41 Å². The molecule has 0 aliphatic carbocycles. The van der Waals surface area contributed by atoms with Gasteiger partial charge in [-0.1, -0.05) is 39.0 Å². The molecule has 16 heavy (non-hydrogen) atoms. The van der Waals surface area contributed by atoms with Gasteiger partial charge in [0.15, 0.2) is 0 Å². The molecule has 2 heteroatoms. The fourth-order valence-electron chi connectivity index (χ4n) is 1.72. The lowest BCUT2D eigenvalue weighted by atomic mass is 9.84. The molecule has 1 unspecified atom stereocenters. The number of hydrogen-bond donors (Lipinski definition) is 1. The highest BCUT2D eigenvalue weighted by Gasteiger charge is 2.17. The van der Waals surface area contributed by atoms with Crippen LogP contribution in [0.3, 0.4) is 0 Å². The Morgan fingerprint density at radius 1 is 1.31 bits per heavy atom. The molecule has 0 saturated heterocycles. The summed E-state index contributed by atoms with van der Waals surface area (Å²) in [5.41, 5.74) is 3.50. The second-order valence-electron chi connectivity index (χ2n) is 5.31. The normalized spacial score (nSPS) is 13.9. The Bertz CT molecular complexity index is 352. The van der Waals surface area contributed by atoms with Gasteiger partial charge < -0.3 is 5.11 Å². The number of benzene rings is 1. The molecule has 0 saturated carbocycles. The van der Waals surface area contributed by atoms with E-state index in [0.717, 1.165) is 11.1 Å². The van der Waals surface area contributed by atoms with E-state index in [1.54, 1.807) is 0 Å². The first kappa shape index (κ1) is 13.5. The lowest BCUT2D eigenvalue weighted by molar-refractivity contribution is 0.173. The average molecular weight is 241 g/mol. The highest BCUT2D eigenvalue weighted by atomic mass is 35.5. The highest BCUT2D eigenvalue weighted by Crippen LogP contribution is 2.28. The largest absolute Gasteiger partial charge is 0.388 e. The van der Waals surface area contributed by atoms with Crippen molar-refractivity contribution in [2.45, 2.75) is 45.6 Å². The van der Waals surface area contributed by atoms with Crippen LogP contribution in [-0.4, -0.2) is 11.0 Å². The zero-order valence-corrected chi connectivity index (χ0v) is 11.3. The molecule has 0 bridgehead atoms. The topological polar surface area (TPSA) is 20.2 Å². The Morgan fingerprint density at radius 2 is 1.94 bits per heavy atom. The van der Waals surface area contributed by atoms with Crippen molar-refractivity contribution in [3.05, 3.63) is 34.9 Å². The molecule has 1 atom stereocenters. The molecule has 1 aromatic rings. The van der Waals surface area contributed by atoms with Crippen molar-refractivity contribution in [3.63, 3.8) is 0 Å². The summed E-state index contributed by atoms with van der Waals surface area (Å²) >= 11 is 5.67. The van der Waals surface area contributed by atoms with Gasteiger partial charge in [-0.3, -0.25) is 0 Å². The fourth-order valence-corrected chi connectivity index (χ4v) is 1.93. The Balaban J connectivity index is 3.09. The van der Waals surface area contributed by atoms with Gasteiger partial charge in [0, 0.05) is 5.88 Å². The number of aryl methyl sites for hydroxylation is 1. The van der Waals surface area contributed by atoms with Gasteiger partial charge in [0.25, 0.3) is 0 Å². The average Bonchev–Trinajstić information content (AvgIpc) is 2.16. The molecule has 1 N–H and O–H groups in total. The quantitative estimate of drug-likeness (QED) is 0.794. The van der Waals surface area contributed by atoms with Crippen LogP contribution in [0.2, 0.25) is 0 Å². The lowest BCUT2D eigenvalue weighted by Gasteiger charge is -2.22. The third-order valence-corrected chi connectivity index (χ3v) is 3.11. The van der Waals surface area contributed by atoms with Crippen LogP contribution in [0.1, 0.15) is 50.0 Å². The number of alkyl halides is 1. The summed E-state index contributed by atoms with van der Waals surface area (Å²) < 4.78 is 0. The molecule has 0 aliphatic heterocycles. The molecule has 0 spiro atoms. The van der Waals surface area contributed by atoms with Gasteiger partial charge in [-0.05, 0) is 35.4 Å². The van der Waals surface area contributed by atoms with Crippen LogP contribution >= 0.6 is 11.6 Å². The van der Waals surface area contributed by atoms with Gasteiger partial charge in [0.2, 0.25) is 0 Å². The minimum absolute atomic E-state index is 0.114. The smallest absolute Gasteiger partial charge is 0.0804 e. The summed E-state index contributed by atoms with van der Waals surface area (Å²) in [6, 6.07) is 6.31. The second kappa shape index (κ2) is 5.20. The second-order valence-corrected chi connectivity index (χ2v) is 5.69. The Morgan fingerprint density at radius 3 is 2.44 bits per heavy atom. The van der Waals surface area contributed by atoms with Gasteiger partial charge in [-0.15, -0.1) is 11.6 Å². The SMILES string of the molecule is Cc1ccc(C(C)(C)C)cc1C(O)CCCl. The highest BCUT2D eigenvalue weighted by molar-refractivity contribution is 6.17. The molecule has 0 fully saturated rings. The van der Waals surface area contributed by atoms with Crippen LogP contribution < -0.4 is 0 Å². The number of halogens is 1. The van der Waals surface area contributed by atoms with Crippen LogP contribution in [0.15, 0.2) is 18.2 Å². The molecule has 1 aromatic carbocycles. The van der Waals surface area contributed by atoms with Crippen molar-refractivity contribution < 1.29 is 5.11 Å². The van der Waals surface area contributed by atoms with E-state index in [2.05, 4.69) is 39.0 Å². The molecule has 0 heterocycles. The van der Waals surface area contributed by atoms with E-state index >= 15 is 0 Å². The van der Waals surface area contributed by atoms with E-state index in [1.165, 1.54) is 5.56 Å². The molecule has 0 aliphatic rings. The van der Waals surface area contributed by atoms with Gasteiger partial charge in [0.1, 0.15) is 0 Å². The maximum atomic E-state index is 10.0. The third-order valence-electron chi connectivity index (χ3n) is 2.89. The summed E-state index contributed by atoms with van der Waals surface area (Å²) in [4.78, 5) is 0. The van der Waals surface area contributed by atoms with Crippen molar-refractivity contribution >= 4 is 11.6 Å². The van der Waals surface area contributed by atoms with Crippen molar-refractivity contribution in [2.24, 2.45) is 0 Å². The Hall–Kier alpha value is -0.530. The molecule has 1 nitrogen and oxygen atoms in total. The van der Waals surface area contributed by atoms with Gasteiger partial charge in [-0.2, -0.15) is 0 Å². The van der Waals surface area contributed by atoms with Crippen LogP contribution in [0.4, 0.5) is 0 Å². The fraction of sp³-hybridized carbons (Fsp3) is 0.571. The van der Waals surface area contributed by atoms with E-state index in [9.17, 15) is 5.11 Å². The summed E-state index contributed by atoms with van der Waals surface area (Å²) in [5, 5.41) is 10.0. The Labute approximate surface area is 103 Å². The monoisotopic (exact) mass is 240 g/mol. The van der Waals surface area contributed by atoms with Crippen molar-refractivity contribution in [1.29, 1.82) is 0 Å². The van der Waals surface area contributed by atoms with E-state index < -0.39 is 6.10 Å². The van der Waals surface area contributed by atoms with Crippen LogP contribution in [0.5, 0.6) is 0 Å². The first-order chi connectivity index (χ1) is 7.36. The van der Waals surface area contributed by atoms with Crippen molar-refractivity contribution in [2.75, 3.05) is 5.88 Å². The van der Waals surface area contributed by atoms with Crippen molar-refractivity contribution in [1.82, 2.24) is 0 Å². The standard InChI is InChI=1S/C14H21ClO/c1-10-5-6-11(14(2,3)4)9-12(10)13(16)7-8-15/h5-6,9,13,16H,7-8H2,1-4H3.